The molecule has 0 saturated carbocycles. The first-order valence-electron chi connectivity index (χ1n) is 5.04. The molecule has 0 saturated heterocycles. The van der Waals surface area contributed by atoms with Gasteiger partial charge in [0.25, 0.3) is 0 Å². The van der Waals surface area contributed by atoms with Gasteiger partial charge in [-0.1, -0.05) is 13.8 Å². The zero-order chi connectivity index (χ0) is 10.7. The summed E-state index contributed by atoms with van der Waals surface area (Å²) in [5.74, 6) is 1.21. The molecular weight excluding hydrogens is 192 g/mol. The summed E-state index contributed by atoms with van der Waals surface area (Å²) in [5, 5.41) is 0. The van der Waals surface area contributed by atoms with E-state index in [9.17, 15) is 0 Å². The molecule has 0 aliphatic carbocycles. The maximum atomic E-state index is 5.57. The van der Waals surface area contributed by atoms with E-state index in [-0.39, 0.29) is 0 Å². The fraction of sp³-hybridized carbons (Fsp3) is 0.500. The number of nitrogens with zero attached hydrogens (tertiary/aromatic N) is 3. The monoisotopic (exact) mass is 206 g/mol. The summed E-state index contributed by atoms with van der Waals surface area (Å²) in [7, 11) is 0. The molecule has 15 heavy (non-hydrogen) atoms. The van der Waals surface area contributed by atoms with Gasteiger partial charge in [-0.25, -0.2) is 9.97 Å². The van der Waals surface area contributed by atoms with E-state index in [1.165, 1.54) is 6.33 Å². The second-order valence-corrected chi connectivity index (χ2v) is 3.81. The van der Waals surface area contributed by atoms with Crippen molar-refractivity contribution >= 4 is 11.2 Å². The third-order valence-electron chi connectivity index (χ3n) is 2.12. The van der Waals surface area contributed by atoms with Gasteiger partial charge in [0, 0.05) is 0 Å². The molecule has 2 aromatic rings. The predicted molar refractivity (Wildman–Crippen MR) is 56.6 cm³/mol. The van der Waals surface area contributed by atoms with Crippen molar-refractivity contribution in [3.05, 3.63) is 12.7 Å². The van der Waals surface area contributed by atoms with Crippen LogP contribution < -0.4 is 4.74 Å². The van der Waals surface area contributed by atoms with Gasteiger partial charge in [0.1, 0.15) is 11.8 Å². The Kier molecular flexibility index (Phi) is 2.80. The normalized spacial score (nSPS) is 11.1. The lowest BCUT2D eigenvalue weighted by atomic mass is 10.1. The van der Waals surface area contributed by atoms with Gasteiger partial charge in [0.15, 0.2) is 5.65 Å². The van der Waals surface area contributed by atoms with E-state index in [0.29, 0.717) is 24.1 Å². The molecule has 1 N–H and O–H groups in total. The SMILES string of the molecule is CC(C)CCOc1ncnc2nc[nH]c12. The van der Waals surface area contributed by atoms with Crippen molar-refractivity contribution in [3.8, 4) is 5.88 Å². The Morgan fingerprint density at radius 2 is 2.20 bits per heavy atom. The number of aromatic amines is 1. The Labute approximate surface area is 87.9 Å². The molecule has 2 rings (SSSR count). The highest BCUT2D eigenvalue weighted by molar-refractivity contribution is 5.74. The van der Waals surface area contributed by atoms with Gasteiger partial charge in [-0.3, -0.25) is 0 Å². The van der Waals surface area contributed by atoms with Gasteiger partial charge < -0.3 is 9.72 Å². The van der Waals surface area contributed by atoms with Crippen LogP contribution in [0.5, 0.6) is 5.88 Å². The van der Waals surface area contributed by atoms with E-state index in [1.54, 1.807) is 6.33 Å². The fourth-order valence-corrected chi connectivity index (χ4v) is 1.24. The highest BCUT2D eigenvalue weighted by Crippen LogP contribution is 2.17. The van der Waals surface area contributed by atoms with Gasteiger partial charge in [-0.15, -0.1) is 0 Å². The van der Waals surface area contributed by atoms with Crippen molar-refractivity contribution in [3.63, 3.8) is 0 Å². The Morgan fingerprint density at radius 3 is 3.00 bits per heavy atom. The maximum Gasteiger partial charge on any atom is 0.243 e. The van der Waals surface area contributed by atoms with E-state index < -0.39 is 0 Å². The highest BCUT2D eigenvalue weighted by atomic mass is 16.5. The summed E-state index contributed by atoms with van der Waals surface area (Å²) in [6.07, 6.45) is 4.07. The Bertz CT molecular complexity index is 438. The maximum absolute atomic E-state index is 5.57. The largest absolute Gasteiger partial charge is 0.476 e. The highest BCUT2D eigenvalue weighted by Gasteiger charge is 2.06. The summed E-state index contributed by atoms with van der Waals surface area (Å²) in [6, 6.07) is 0. The van der Waals surface area contributed by atoms with Crippen molar-refractivity contribution in [2.24, 2.45) is 5.92 Å². The molecule has 0 unspecified atom stereocenters. The van der Waals surface area contributed by atoms with Crippen LogP contribution in [0.1, 0.15) is 20.3 Å². The molecule has 5 heteroatoms. The molecule has 2 heterocycles. The van der Waals surface area contributed by atoms with Crippen LogP contribution in [0.2, 0.25) is 0 Å². The molecule has 0 radical (unpaired) electrons. The van der Waals surface area contributed by atoms with Crippen molar-refractivity contribution in [2.75, 3.05) is 6.61 Å². The Balaban J connectivity index is 2.10. The van der Waals surface area contributed by atoms with Gasteiger partial charge >= 0.3 is 0 Å². The first-order chi connectivity index (χ1) is 7.27. The van der Waals surface area contributed by atoms with Crippen molar-refractivity contribution in [1.82, 2.24) is 19.9 Å². The summed E-state index contributed by atoms with van der Waals surface area (Å²) in [6.45, 7) is 4.99. The number of aromatic nitrogens is 4. The first kappa shape index (κ1) is 9.89. The van der Waals surface area contributed by atoms with Crippen LogP contribution in [-0.4, -0.2) is 26.5 Å². The lowest BCUT2D eigenvalue weighted by molar-refractivity contribution is 0.282. The number of fused-ring (bicyclic) bond motifs is 1. The van der Waals surface area contributed by atoms with Crippen molar-refractivity contribution in [2.45, 2.75) is 20.3 Å². The quantitative estimate of drug-likeness (QED) is 0.828. The van der Waals surface area contributed by atoms with E-state index >= 15 is 0 Å². The summed E-state index contributed by atoms with van der Waals surface area (Å²) >= 11 is 0. The molecule has 80 valence electrons. The molecule has 0 aromatic carbocycles. The molecule has 0 bridgehead atoms. The summed E-state index contributed by atoms with van der Waals surface area (Å²) in [5.41, 5.74) is 1.41. The van der Waals surface area contributed by atoms with E-state index in [0.717, 1.165) is 11.9 Å². The van der Waals surface area contributed by atoms with Gasteiger partial charge in [0.2, 0.25) is 5.88 Å². The number of H-pyrrole nitrogens is 1. The van der Waals surface area contributed by atoms with E-state index in [1.807, 2.05) is 0 Å². The molecule has 2 aromatic heterocycles. The zero-order valence-corrected chi connectivity index (χ0v) is 8.90. The fourth-order valence-electron chi connectivity index (χ4n) is 1.24. The van der Waals surface area contributed by atoms with Crippen molar-refractivity contribution < 1.29 is 4.74 Å². The van der Waals surface area contributed by atoms with Crippen LogP contribution in [0.15, 0.2) is 12.7 Å². The summed E-state index contributed by atoms with van der Waals surface area (Å²) < 4.78 is 5.57. The minimum Gasteiger partial charge on any atom is -0.476 e. The molecule has 0 aliphatic heterocycles. The topological polar surface area (TPSA) is 63.7 Å². The lowest BCUT2D eigenvalue weighted by Gasteiger charge is -2.06. The average molecular weight is 206 g/mol. The van der Waals surface area contributed by atoms with Gasteiger partial charge in [-0.05, 0) is 12.3 Å². The van der Waals surface area contributed by atoms with Crippen LogP contribution >= 0.6 is 0 Å². The van der Waals surface area contributed by atoms with Crippen LogP contribution in [0.4, 0.5) is 0 Å². The van der Waals surface area contributed by atoms with E-state index in [2.05, 4.69) is 33.8 Å². The van der Waals surface area contributed by atoms with Crippen LogP contribution in [0.3, 0.4) is 0 Å². The minimum atomic E-state index is 0.582. The van der Waals surface area contributed by atoms with Crippen LogP contribution in [0.25, 0.3) is 11.2 Å². The smallest absolute Gasteiger partial charge is 0.243 e. The Morgan fingerprint density at radius 1 is 1.33 bits per heavy atom. The first-order valence-corrected chi connectivity index (χ1v) is 5.04. The number of rotatable bonds is 4. The molecule has 0 spiro atoms. The zero-order valence-electron chi connectivity index (χ0n) is 8.90. The average Bonchev–Trinajstić information content (AvgIpc) is 2.65. The van der Waals surface area contributed by atoms with Gasteiger partial charge in [0.05, 0.1) is 12.9 Å². The Hall–Kier alpha value is -1.65. The second-order valence-electron chi connectivity index (χ2n) is 3.81. The third kappa shape index (κ3) is 2.23. The number of nitrogens with one attached hydrogen (secondary N) is 1. The molecule has 0 atom stereocenters. The summed E-state index contributed by atoms with van der Waals surface area (Å²) in [4.78, 5) is 15.1. The minimum absolute atomic E-state index is 0.582. The number of hydrogen-bond acceptors (Lipinski definition) is 4. The molecule has 0 aliphatic rings. The van der Waals surface area contributed by atoms with Crippen molar-refractivity contribution in [1.29, 1.82) is 0 Å². The number of ether oxygens (including phenoxy) is 1. The van der Waals surface area contributed by atoms with Crippen LogP contribution in [-0.2, 0) is 0 Å². The van der Waals surface area contributed by atoms with Crippen LogP contribution in [0, 0.1) is 5.92 Å². The predicted octanol–water partition coefficient (Wildman–Crippen LogP) is 1.78. The number of hydrogen-bond donors (Lipinski definition) is 1. The third-order valence-corrected chi connectivity index (χ3v) is 2.12. The number of imidazole rings is 1. The van der Waals surface area contributed by atoms with Gasteiger partial charge in [-0.2, -0.15) is 4.98 Å². The second kappa shape index (κ2) is 4.25. The lowest BCUT2D eigenvalue weighted by Crippen LogP contribution is -2.03. The van der Waals surface area contributed by atoms with E-state index in [4.69, 9.17) is 4.74 Å². The molecule has 0 fully saturated rings. The molecule has 0 amide bonds. The molecule has 5 nitrogen and oxygen atoms in total. The molecular formula is C10H14N4O. The standard InChI is InChI=1S/C10H14N4O/c1-7(2)3-4-15-10-8-9(12-5-11-8)13-6-14-10/h5-7H,3-4H2,1-2H3,(H,11,12,13,14).